The topological polar surface area (TPSA) is 69.1 Å². The van der Waals surface area contributed by atoms with Gasteiger partial charge in [-0.25, -0.2) is 0 Å². The van der Waals surface area contributed by atoms with Crippen molar-refractivity contribution in [3.8, 4) is 11.3 Å². The number of carbonyl (C=O) groups is 1. The minimum Gasteiger partial charge on any atom is -0.423 e. The van der Waals surface area contributed by atoms with Gasteiger partial charge in [-0.1, -0.05) is 28.1 Å². The summed E-state index contributed by atoms with van der Waals surface area (Å²) in [7, 11) is 0. The van der Waals surface area contributed by atoms with Crippen molar-refractivity contribution < 1.29 is 9.21 Å². The predicted molar refractivity (Wildman–Crippen MR) is 59.4 cm³/mol. The Morgan fingerprint density at radius 2 is 2.00 bits per heavy atom. The molecule has 0 aliphatic carbocycles. The van der Waals surface area contributed by atoms with E-state index in [2.05, 4.69) is 20.9 Å². The van der Waals surface area contributed by atoms with Crippen molar-refractivity contribution >= 4 is 28.2 Å². The average molecular weight is 267 g/mol. The van der Waals surface area contributed by atoms with Crippen molar-refractivity contribution in [1.29, 1.82) is 0 Å². The number of aromatic nitrogens is 1. The first kappa shape index (κ1) is 9.92. The molecule has 4 nitrogen and oxygen atoms in total. The predicted octanol–water partition coefficient (Wildman–Crippen LogP) is 2.50. The fraction of sp³-hybridized carbons (Fsp3) is 0. The molecule has 2 rings (SSSR count). The number of aldehydes is 1. The first-order chi connectivity index (χ1) is 7.20. The number of benzene rings is 1. The Bertz CT molecular complexity index is 491. The maximum atomic E-state index is 10.7. The fourth-order valence-electron chi connectivity index (χ4n) is 1.24. The molecule has 15 heavy (non-hydrogen) atoms. The molecule has 0 saturated heterocycles. The van der Waals surface area contributed by atoms with Gasteiger partial charge in [0.05, 0.1) is 0 Å². The molecule has 5 heteroatoms. The summed E-state index contributed by atoms with van der Waals surface area (Å²) in [5.41, 5.74) is 6.36. The van der Waals surface area contributed by atoms with Crippen molar-refractivity contribution in [1.82, 2.24) is 4.98 Å². The van der Waals surface area contributed by atoms with Gasteiger partial charge in [0.2, 0.25) is 0 Å². The zero-order valence-electron chi connectivity index (χ0n) is 7.61. The van der Waals surface area contributed by atoms with Gasteiger partial charge >= 0.3 is 0 Å². The van der Waals surface area contributed by atoms with Crippen LogP contribution in [0.15, 0.2) is 33.2 Å². The van der Waals surface area contributed by atoms with Crippen LogP contribution in [0.1, 0.15) is 10.5 Å². The number of hydrogen-bond acceptors (Lipinski definition) is 4. The molecule has 0 amide bonds. The second-order valence-corrected chi connectivity index (χ2v) is 3.81. The van der Waals surface area contributed by atoms with Gasteiger partial charge in [0.1, 0.15) is 0 Å². The van der Waals surface area contributed by atoms with E-state index < -0.39 is 0 Å². The van der Waals surface area contributed by atoms with Crippen LogP contribution in [0.4, 0.5) is 6.01 Å². The third-order valence-electron chi connectivity index (χ3n) is 1.89. The van der Waals surface area contributed by atoms with Crippen LogP contribution in [-0.2, 0) is 0 Å². The molecule has 1 heterocycles. The Hall–Kier alpha value is -1.62. The molecule has 0 bridgehead atoms. The van der Waals surface area contributed by atoms with Gasteiger partial charge in [-0.05, 0) is 12.1 Å². The molecule has 0 saturated carbocycles. The summed E-state index contributed by atoms with van der Waals surface area (Å²) in [4.78, 5) is 14.5. The Morgan fingerprint density at radius 1 is 1.33 bits per heavy atom. The monoisotopic (exact) mass is 266 g/mol. The summed E-state index contributed by atoms with van der Waals surface area (Å²) in [5, 5.41) is 0. The molecular formula is C10H7BrN2O2. The number of carbonyl (C=O) groups excluding carboxylic acids is 1. The number of nitrogens with zero attached hydrogens (tertiary/aromatic N) is 1. The third kappa shape index (κ3) is 1.92. The summed E-state index contributed by atoms with van der Waals surface area (Å²) in [5.74, 6) is 0.398. The summed E-state index contributed by atoms with van der Waals surface area (Å²) in [6.07, 6.45) is 0.622. The van der Waals surface area contributed by atoms with E-state index in [0.29, 0.717) is 12.0 Å². The average Bonchev–Trinajstić information content (AvgIpc) is 2.61. The van der Waals surface area contributed by atoms with Crippen molar-refractivity contribution in [2.75, 3.05) is 5.73 Å². The minimum atomic E-state index is -0.00461. The summed E-state index contributed by atoms with van der Waals surface area (Å²) in [6.45, 7) is 0. The highest BCUT2D eigenvalue weighted by Crippen LogP contribution is 2.26. The largest absolute Gasteiger partial charge is 0.423 e. The molecular weight excluding hydrogens is 260 g/mol. The molecule has 0 aliphatic rings. The first-order valence-electron chi connectivity index (χ1n) is 4.18. The van der Waals surface area contributed by atoms with Crippen LogP contribution in [-0.4, -0.2) is 11.3 Å². The molecule has 2 aromatic rings. The van der Waals surface area contributed by atoms with E-state index in [1.165, 1.54) is 0 Å². The Kier molecular flexibility index (Phi) is 2.55. The van der Waals surface area contributed by atoms with E-state index >= 15 is 0 Å². The van der Waals surface area contributed by atoms with Crippen LogP contribution in [0.2, 0.25) is 0 Å². The van der Waals surface area contributed by atoms with Gasteiger partial charge in [-0.15, -0.1) is 0 Å². The molecule has 0 unspecified atom stereocenters. The smallest absolute Gasteiger partial charge is 0.293 e. The molecule has 1 aromatic carbocycles. The number of oxazole rings is 1. The van der Waals surface area contributed by atoms with E-state index in [4.69, 9.17) is 10.2 Å². The SMILES string of the molecule is Nc1nc(C=O)c(-c2ccc(Br)cc2)o1. The highest BCUT2D eigenvalue weighted by molar-refractivity contribution is 9.10. The van der Waals surface area contributed by atoms with E-state index in [1.807, 2.05) is 24.3 Å². The zero-order chi connectivity index (χ0) is 10.8. The fourth-order valence-corrected chi connectivity index (χ4v) is 1.50. The second kappa shape index (κ2) is 3.86. The lowest BCUT2D eigenvalue weighted by Crippen LogP contribution is -1.85. The molecule has 0 spiro atoms. The number of halogens is 1. The molecule has 2 N–H and O–H groups in total. The van der Waals surface area contributed by atoms with Gasteiger partial charge in [0.25, 0.3) is 6.01 Å². The second-order valence-electron chi connectivity index (χ2n) is 2.89. The number of nitrogen functional groups attached to an aromatic ring is 1. The molecule has 0 atom stereocenters. The first-order valence-corrected chi connectivity index (χ1v) is 4.97. The number of rotatable bonds is 2. The van der Waals surface area contributed by atoms with Gasteiger partial charge in [0, 0.05) is 10.0 Å². The van der Waals surface area contributed by atoms with Crippen molar-refractivity contribution in [2.45, 2.75) is 0 Å². The zero-order valence-corrected chi connectivity index (χ0v) is 9.19. The molecule has 0 aliphatic heterocycles. The molecule has 76 valence electrons. The number of anilines is 1. The maximum Gasteiger partial charge on any atom is 0.293 e. The van der Waals surface area contributed by atoms with Crippen molar-refractivity contribution in [3.63, 3.8) is 0 Å². The Morgan fingerprint density at radius 3 is 2.60 bits per heavy atom. The number of hydrogen-bond donors (Lipinski definition) is 1. The van der Waals surface area contributed by atoms with E-state index in [1.54, 1.807) is 0 Å². The van der Waals surface area contributed by atoms with Crippen LogP contribution < -0.4 is 5.73 Å². The van der Waals surface area contributed by atoms with Gasteiger partial charge in [0.15, 0.2) is 17.7 Å². The van der Waals surface area contributed by atoms with Crippen LogP contribution in [0, 0.1) is 0 Å². The highest BCUT2D eigenvalue weighted by atomic mass is 79.9. The van der Waals surface area contributed by atoms with E-state index in [9.17, 15) is 4.79 Å². The Labute approximate surface area is 94.2 Å². The number of nitrogens with two attached hydrogens (primary N) is 1. The van der Waals surface area contributed by atoms with E-state index in [0.717, 1.165) is 10.0 Å². The lowest BCUT2D eigenvalue weighted by atomic mass is 10.1. The third-order valence-corrected chi connectivity index (χ3v) is 2.42. The van der Waals surface area contributed by atoms with Gasteiger partial charge in [-0.3, -0.25) is 4.79 Å². The van der Waals surface area contributed by atoms with Crippen molar-refractivity contribution in [3.05, 3.63) is 34.4 Å². The van der Waals surface area contributed by atoms with Gasteiger partial charge < -0.3 is 10.2 Å². The quantitative estimate of drug-likeness (QED) is 0.848. The van der Waals surface area contributed by atoms with Crippen molar-refractivity contribution in [2.24, 2.45) is 0 Å². The lowest BCUT2D eigenvalue weighted by Gasteiger charge is -1.96. The standard InChI is InChI=1S/C10H7BrN2O2/c11-7-3-1-6(2-4-7)9-8(5-14)13-10(12)15-9/h1-5H,(H2,12,13). The van der Waals surface area contributed by atoms with Crippen LogP contribution >= 0.6 is 15.9 Å². The normalized spacial score (nSPS) is 10.2. The summed E-state index contributed by atoms with van der Waals surface area (Å²) < 4.78 is 6.10. The highest BCUT2D eigenvalue weighted by Gasteiger charge is 2.12. The van der Waals surface area contributed by atoms with Crippen LogP contribution in [0.3, 0.4) is 0 Å². The van der Waals surface area contributed by atoms with Crippen LogP contribution in [0.5, 0.6) is 0 Å². The molecule has 1 aromatic heterocycles. The lowest BCUT2D eigenvalue weighted by molar-refractivity contribution is 0.112. The molecule has 0 fully saturated rings. The minimum absolute atomic E-state index is 0.00461. The Balaban J connectivity index is 2.52. The summed E-state index contributed by atoms with van der Waals surface area (Å²) >= 11 is 3.32. The maximum absolute atomic E-state index is 10.7. The molecule has 0 radical (unpaired) electrons. The van der Waals surface area contributed by atoms with Crippen LogP contribution in [0.25, 0.3) is 11.3 Å². The van der Waals surface area contributed by atoms with Gasteiger partial charge in [-0.2, -0.15) is 4.98 Å². The summed E-state index contributed by atoms with van der Waals surface area (Å²) in [6, 6.07) is 7.33. The van der Waals surface area contributed by atoms with E-state index in [-0.39, 0.29) is 11.7 Å².